The molecule has 0 radical (unpaired) electrons. The van der Waals surface area contributed by atoms with Crippen molar-refractivity contribution in [2.24, 2.45) is 0 Å². The minimum absolute atomic E-state index is 0.598. The summed E-state index contributed by atoms with van der Waals surface area (Å²) < 4.78 is 5.05. The Balaban J connectivity index is 2.83. The number of hydrogen-bond donors (Lipinski definition) is 0. The van der Waals surface area contributed by atoms with Crippen molar-refractivity contribution in [2.75, 3.05) is 0 Å². The van der Waals surface area contributed by atoms with E-state index in [1.54, 1.807) is 8.05 Å². The molecule has 0 saturated heterocycles. The average Bonchev–Trinajstić information content (AvgIpc) is 2.05. The van der Waals surface area contributed by atoms with E-state index in [1.165, 1.54) is 5.56 Å². The Bertz CT molecular complexity index is 216. The molecule has 0 heterocycles. The zero-order valence-corrected chi connectivity index (χ0v) is 7.29. The van der Waals surface area contributed by atoms with Crippen LogP contribution in [0.15, 0.2) is 24.3 Å². The van der Waals surface area contributed by atoms with E-state index in [2.05, 4.69) is 26.0 Å². The lowest BCUT2D eigenvalue weighted by atomic mass is 10.0. The van der Waals surface area contributed by atoms with Gasteiger partial charge in [0.15, 0.2) is 0 Å². The van der Waals surface area contributed by atoms with Crippen LogP contribution in [0.5, 0.6) is 5.75 Å². The lowest BCUT2D eigenvalue weighted by molar-refractivity contribution is 0.615. The van der Waals surface area contributed by atoms with Gasteiger partial charge in [-0.3, -0.25) is 0 Å². The quantitative estimate of drug-likeness (QED) is 0.580. The molecule has 0 spiro atoms. The second-order valence-corrected chi connectivity index (χ2v) is 2.93. The number of hydrogen-bond acceptors (Lipinski definition) is 1. The summed E-state index contributed by atoms with van der Waals surface area (Å²) in [4.78, 5) is 0. The topological polar surface area (TPSA) is 9.23 Å². The van der Waals surface area contributed by atoms with Crippen molar-refractivity contribution in [3.05, 3.63) is 29.8 Å². The Kier molecular flexibility index (Phi) is 2.58. The zero-order valence-electron chi connectivity index (χ0n) is 7.29. The Morgan fingerprint density at radius 1 is 1.18 bits per heavy atom. The lowest BCUT2D eigenvalue weighted by Crippen LogP contribution is -1.88. The van der Waals surface area contributed by atoms with E-state index in [9.17, 15) is 0 Å². The number of benzene rings is 1. The van der Waals surface area contributed by atoms with Gasteiger partial charge in [0.25, 0.3) is 0 Å². The highest BCUT2D eigenvalue weighted by atomic mass is 16.4. The van der Waals surface area contributed by atoms with Crippen molar-refractivity contribution in [3.8, 4) is 5.75 Å². The summed E-state index contributed by atoms with van der Waals surface area (Å²) in [5.74, 6) is 1.52. The molecule has 1 aromatic rings. The molecular weight excluding hydrogens is 135 g/mol. The highest BCUT2D eigenvalue weighted by Crippen LogP contribution is 2.17. The van der Waals surface area contributed by atoms with Gasteiger partial charge in [-0.25, -0.2) is 0 Å². The van der Waals surface area contributed by atoms with E-state index in [4.69, 9.17) is 4.65 Å². The SMILES string of the molecule is BOc1ccc(C(C)C)cc1. The standard InChI is InChI=1S/C9H13BO/c1-7(2)8-3-5-9(11-10)6-4-8/h3-7H,10H2,1-2H3. The molecule has 2 heteroatoms. The molecule has 0 N–H and O–H groups in total. The fraction of sp³-hybridized carbons (Fsp3) is 0.333. The largest absolute Gasteiger partial charge is 0.568 e. The molecule has 11 heavy (non-hydrogen) atoms. The summed E-state index contributed by atoms with van der Waals surface area (Å²) in [6, 6.07) is 8.19. The molecule has 1 aromatic carbocycles. The van der Waals surface area contributed by atoms with Gasteiger partial charge in [-0.15, -0.1) is 0 Å². The van der Waals surface area contributed by atoms with Crippen LogP contribution in [0.25, 0.3) is 0 Å². The van der Waals surface area contributed by atoms with E-state index in [0.29, 0.717) is 5.92 Å². The first kappa shape index (κ1) is 8.18. The molecule has 0 aliphatic heterocycles. The first-order valence-electron chi connectivity index (χ1n) is 3.88. The minimum atomic E-state index is 0.598. The van der Waals surface area contributed by atoms with Crippen molar-refractivity contribution in [1.82, 2.24) is 0 Å². The average molecular weight is 148 g/mol. The molecule has 1 rings (SSSR count). The number of rotatable bonds is 2. The summed E-state index contributed by atoms with van der Waals surface area (Å²) in [5.41, 5.74) is 1.35. The molecule has 0 aromatic heterocycles. The van der Waals surface area contributed by atoms with Gasteiger partial charge in [-0.2, -0.15) is 0 Å². The Morgan fingerprint density at radius 3 is 2.09 bits per heavy atom. The van der Waals surface area contributed by atoms with Crippen LogP contribution in [0, 0.1) is 0 Å². The van der Waals surface area contributed by atoms with E-state index in [0.717, 1.165) is 5.75 Å². The first-order chi connectivity index (χ1) is 5.24. The van der Waals surface area contributed by atoms with Crippen LogP contribution in [-0.2, 0) is 0 Å². The lowest BCUT2D eigenvalue weighted by Gasteiger charge is -2.05. The molecule has 58 valence electrons. The Labute approximate surface area is 68.8 Å². The summed E-state index contributed by atoms with van der Waals surface area (Å²) in [6.07, 6.45) is 0. The minimum Gasteiger partial charge on any atom is -0.568 e. The van der Waals surface area contributed by atoms with Gasteiger partial charge in [-0.1, -0.05) is 26.0 Å². The predicted molar refractivity (Wildman–Crippen MR) is 49.7 cm³/mol. The third-order valence-electron chi connectivity index (χ3n) is 1.78. The Morgan fingerprint density at radius 2 is 1.73 bits per heavy atom. The summed E-state index contributed by atoms with van der Waals surface area (Å²) in [7, 11) is 1.68. The molecule has 1 nitrogen and oxygen atoms in total. The highest BCUT2D eigenvalue weighted by Gasteiger charge is 1.97. The van der Waals surface area contributed by atoms with Crippen LogP contribution in [0.4, 0.5) is 0 Å². The molecule has 0 saturated carbocycles. The molecule has 0 aliphatic carbocycles. The summed E-state index contributed by atoms with van der Waals surface area (Å²) in [5, 5.41) is 0. The van der Waals surface area contributed by atoms with Gasteiger partial charge in [0.2, 0.25) is 0 Å². The molecule has 0 bridgehead atoms. The van der Waals surface area contributed by atoms with Gasteiger partial charge in [-0.05, 0) is 23.6 Å². The van der Waals surface area contributed by atoms with Crippen LogP contribution < -0.4 is 4.65 Å². The van der Waals surface area contributed by atoms with Crippen molar-refractivity contribution >= 4 is 8.05 Å². The molecule has 0 fully saturated rings. The van der Waals surface area contributed by atoms with Crippen molar-refractivity contribution in [2.45, 2.75) is 19.8 Å². The summed E-state index contributed by atoms with van der Waals surface area (Å²) >= 11 is 0. The third-order valence-corrected chi connectivity index (χ3v) is 1.78. The second-order valence-electron chi connectivity index (χ2n) is 2.93. The van der Waals surface area contributed by atoms with Crippen LogP contribution in [0.1, 0.15) is 25.3 Å². The molecule has 0 aliphatic rings. The fourth-order valence-electron chi connectivity index (χ4n) is 0.989. The summed E-state index contributed by atoms with van der Waals surface area (Å²) in [6.45, 7) is 4.36. The monoisotopic (exact) mass is 148 g/mol. The predicted octanol–water partition coefficient (Wildman–Crippen LogP) is 1.74. The molecular formula is C9H13BO. The van der Waals surface area contributed by atoms with E-state index >= 15 is 0 Å². The smallest absolute Gasteiger partial charge is 0.322 e. The van der Waals surface area contributed by atoms with Crippen molar-refractivity contribution in [1.29, 1.82) is 0 Å². The fourth-order valence-corrected chi connectivity index (χ4v) is 0.989. The molecule has 0 amide bonds. The van der Waals surface area contributed by atoms with Crippen LogP contribution in [-0.4, -0.2) is 8.05 Å². The van der Waals surface area contributed by atoms with Gasteiger partial charge >= 0.3 is 8.05 Å². The second kappa shape index (κ2) is 3.47. The van der Waals surface area contributed by atoms with Gasteiger partial charge in [0.05, 0.1) is 5.75 Å². The first-order valence-corrected chi connectivity index (χ1v) is 3.88. The normalized spacial score (nSPS) is 10.1. The van der Waals surface area contributed by atoms with E-state index in [1.807, 2.05) is 12.1 Å². The molecule has 0 unspecified atom stereocenters. The van der Waals surface area contributed by atoms with Crippen LogP contribution >= 0.6 is 0 Å². The van der Waals surface area contributed by atoms with Crippen LogP contribution in [0.3, 0.4) is 0 Å². The van der Waals surface area contributed by atoms with Crippen LogP contribution in [0.2, 0.25) is 0 Å². The van der Waals surface area contributed by atoms with E-state index < -0.39 is 0 Å². The maximum Gasteiger partial charge on any atom is 0.322 e. The van der Waals surface area contributed by atoms with Crippen molar-refractivity contribution in [3.63, 3.8) is 0 Å². The maximum absolute atomic E-state index is 5.05. The van der Waals surface area contributed by atoms with E-state index in [-0.39, 0.29) is 0 Å². The maximum atomic E-state index is 5.05. The van der Waals surface area contributed by atoms with Gasteiger partial charge < -0.3 is 4.65 Å². The Hall–Kier alpha value is -0.915. The van der Waals surface area contributed by atoms with Crippen molar-refractivity contribution < 1.29 is 4.65 Å². The van der Waals surface area contributed by atoms with Gasteiger partial charge in [0.1, 0.15) is 0 Å². The highest BCUT2D eigenvalue weighted by molar-refractivity contribution is 5.99. The third kappa shape index (κ3) is 2.00. The molecule has 0 atom stereocenters. The zero-order chi connectivity index (χ0) is 8.27. The van der Waals surface area contributed by atoms with Gasteiger partial charge in [0, 0.05) is 0 Å².